The zero-order chi connectivity index (χ0) is 17.2. The van der Waals surface area contributed by atoms with Crippen LogP contribution in [0.1, 0.15) is 46.5 Å². The number of phenols is 1. The summed E-state index contributed by atoms with van der Waals surface area (Å²) in [4.78, 5) is 13.1. The molecule has 3 nitrogen and oxygen atoms in total. The van der Waals surface area contributed by atoms with E-state index in [0.717, 1.165) is 32.3 Å². The number of carbonyl (C=O) groups excluding carboxylic acids is 1. The fourth-order valence-corrected chi connectivity index (χ4v) is 4.45. The first-order valence-corrected chi connectivity index (χ1v) is 8.49. The molecule has 0 saturated carbocycles. The van der Waals surface area contributed by atoms with Gasteiger partial charge in [0.25, 0.3) is 0 Å². The molecule has 0 radical (unpaired) electrons. The molecule has 2 aromatic rings. The van der Waals surface area contributed by atoms with Gasteiger partial charge >= 0.3 is 0 Å². The van der Waals surface area contributed by atoms with Crippen LogP contribution in [0, 0.1) is 11.3 Å². The number of rotatable bonds is 0. The summed E-state index contributed by atoms with van der Waals surface area (Å²) in [5, 5.41) is 19.1. The highest BCUT2D eigenvalue weighted by molar-refractivity contribution is 9.10. The van der Waals surface area contributed by atoms with Gasteiger partial charge in [-0.3, -0.25) is 4.79 Å². The third kappa shape index (κ3) is 1.79. The number of allylic oxidation sites excluding steroid dienone is 2. The van der Waals surface area contributed by atoms with E-state index in [1.54, 1.807) is 24.3 Å². The maximum atomic E-state index is 13.1. The molecule has 0 unspecified atom stereocenters. The Hall–Kier alpha value is -2.38. The predicted octanol–water partition coefficient (Wildman–Crippen LogP) is 4.51. The molecule has 0 fully saturated rings. The number of nitriles is 1. The van der Waals surface area contributed by atoms with Crippen LogP contribution in [-0.2, 0) is 11.8 Å². The van der Waals surface area contributed by atoms with Gasteiger partial charge in [-0.25, -0.2) is 0 Å². The average molecular weight is 380 g/mol. The van der Waals surface area contributed by atoms with Crippen LogP contribution in [0.3, 0.4) is 0 Å². The molecule has 1 N–H and O–H groups in total. The number of hydrogen-bond acceptors (Lipinski definition) is 3. The zero-order valence-electron chi connectivity index (χ0n) is 13.3. The number of carbonyl (C=O) groups is 1. The number of phenolic OH excluding ortho intramolecular Hbond substituents is 1. The Morgan fingerprint density at radius 2 is 1.92 bits per heavy atom. The lowest BCUT2D eigenvalue weighted by Crippen LogP contribution is -2.29. The molecule has 0 atom stereocenters. The van der Waals surface area contributed by atoms with Crippen LogP contribution in [0.4, 0.5) is 0 Å². The Balaban J connectivity index is 2.00. The van der Waals surface area contributed by atoms with E-state index >= 15 is 0 Å². The second-order valence-corrected chi connectivity index (χ2v) is 7.57. The second-order valence-electron chi connectivity index (χ2n) is 6.78. The standard InChI is InChI=1S/C20H14BrNO2/c1-20(2)15-7-11(23)4-6-13(15)19(24)17-12-5-3-10(9-22)18(21)14(12)8-16(17)20/h3-7,23H,8H2,1-2H3. The lowest BCUT2D eigenvalue weighted by Gasteiger charge is -2.34. The number of Topliss-reactive ketones (excluding diaryl/α,β-unsaturated/α-hetero) is 1. The van der Waals surface area contributed by atoms with Gasteiger partial charge in [-0.1, -0.05) is 19.9 Å². The summed E-state index contributed by atoms with van der Waals surface area (Å²) in [7, 11) is 0. The molecule has 4 heteroatoms. The molecule has 0 bridgehead atoms. The van der Waals surface area contributed by atoms with Crippen LogP contribution < -0.4 is 0 Å². The summed E-state index contributed by atoms with van der Waals surface area (Å²) in [6.07, 6.45) is 0.634. The van der Waals surface area contributed by atoms with E-state index in [0.29, 0.717) is 17.5 Å². The zero-order valence-corrected chi connectivity index (χ0v) is 14.9. The molecule has 0 heterocycles. The Morgan fingerprint density at radius 1 is 1.21 bits per heavy atom. The monoisotopic (exact) mass is 379 g/mol. The molecule has 0 amide bonds. The second kappa shape index (κ2) is 4.81. The minimum absolute atomic E-state index is 0.00492. The van der Waals surface area contributed by atoms with Crippen molar-refractivity contribution < 1.29 is 9.90 Å². The maximum Gasteiger partial charge on any atom is 0.193 e. The lowest BCUT2D eigenvalue weighted by molar-refractivity contribution is 0.105. The fourth-order valence-electron chi connectivity index (χ4n) is 3.88. The minimum Gasteiger partial charge on any atom is -0.508 e. The Bertz CT molecular complexity index is 1010. The van der Waals surface area contributed by atoms with Crippen molar-refractivity contribution in [3.05, 3.63) is 68.2 Å². The molecule has 118 valence electrons. The molecule has 24 heavy (non-hydrogen) atoms. The number of benzene rings is 2. The van der Waals surface area contributed by atoms with Crippen molar-refractivity contribution in [3.8, 4) is 11.8 Å². The molecule has 2 aliphatic carbocycles. The van der Waals surface area contributed by atoms with E-state index in [2.05, 4.69) is 35.8 Å². The highest BCUT2D eigenvalue weighted by atomic mass is 79.9. The summed E-state index contributed by atoms with van der Waals surface area (Å²) in [5.74, 6) is 0.164. The number of ketones is 1. The fraction of sp³-hybridized carbons (Fsp3) is 0.200. The maximum absolute atomic E-state index is 13.1. The van der Waals surface area contributed by atoms with Crippen LogP contribution in [0.15, 0.2) is 40.4 Å². The Labute approximate surface area is 148 Å². The van der Waals surface area contributed by atoms with E-state index < -0.39 is 0 Å². The predicted molar refractivity (Wildman–Crippen MR) is 94.9 cm³/mol. The van der Waals surface area contributed by atoms with Gasteiger partial charge in [-0.15, -0.1) is 0 Å². The van der Waals surface area contributed by atoms with E-state index in [1.165, 1.54) is 0 Å². The first-order chi connectivity index (χ1) is 11.4. The van der Waals surface area contributed by atoms with Gasteiger partial charge in [0.05, 0.1) is 5.56 Å². The Kier molecular flexibility index (Phi) is 3.04. The van der Waals surface area contributed by atoms with Gasteiger partial charge in [-0.2, -0.15) is 5.26 Å². The summed E-state index contributed by atoms with van der Waals surface area (Å²) in [5.41, 5.74) is 5.43. The number of aromatic hydroxyl groups is 1. The third-order valence-electron chi connectivity index (χ3n) is 5.19. The minimum atomic E-state index is -0.359. The summed E-state index contributed by atoms with van der Waals surface area (Å²) < 4.78 is 0.771. The molecule has 0 spiro atoms. The van der Waals surface area contributed by atoms with Gasteiger partial charge in [0.1, 0.15) is 11.8 Å². The van der Waals surface area contributed by atoms with Crippen molar-refractivity contribution in [2.75, 3.05) is 0 Å². The summed E-state index contributed by atoms with van der Waals surface area (Å²) in [6, 6.07) is 10.8. The van der Waals surface area contributed by atoms with Gasteiger partial charge in [0, 0.05) is 21.0 Å². The molecule has 4 rings (SSSR count). The summed E-state index contributed by atoms with van der Waals surface area (Å²) in [6.45, 7) is 4.16. The Morgan fingerprint density at radius 3 is 2.62 bits per heavy atom. The first kappa shape index (κ1) is 15.2. The van der Waals surface area contributed by atoms with Crippen molar-refractivity contribution in [1.29, 1.82) is 5.26 Å². The third-order valence-corrected chi connectivity index (χ3v) is 6.10. The van der Waals surface area contributed by atoms with E-state index in [4.69, 9.17) is 0 Å². The first-order valence-electron chi connectivity index (χ1n) is 7.70. The van der Waals surface area contributed by atoms with Crippen LogP contribution in [0.2, 0.25) is 0 Å². The molecule has 2 aliphatic rings. The molecular weight excluding hydrogens is 366 g/mol. The van der Waals surface area contributed by atoms with Crippen LogP contribution >= 0.6 is 15.9 Å². The van der Waals surface area contributed by atoms with Crippen molar-refractivity contribution >= 4 is 27.3 Å². The largest absolute Gasteiger partial charge is 0.508 e. The van der Waals surface area contributed by atoms with Crippen molar-refractivity contribution in [3.63, 3.8) is 0 Å². The molecule has 0 saturated heterocycles. The van der Waals surface area contributed by atoms with Crippen molar-refractivity contribution in [2.24, 2.45) is 0 Å². The van der Waals surface area contributed by atoms with Gasteiger partial charge in [0.15, 0.2) is 5.78 Å². The van der Waals surface area contributed by atoms with Gasteiger partial charge in [0.2, 0.25) is 0 Å². The average Bonchev–Trinajstić information content (AvgIpc) is 2.95. The number of fused-ring (bicyclic) bond motifs is 3. The molecule has 0 aromatic heterocycles. The number of nitrogens with zero attached hydrogens (tertiary/aromatic N) is 1. The number of halogens is 1. The highest BCUT2D eigenvalue weighted by Gasteiger charge is 2.43. The van der Waals surface area contributed by atoms with Crippen LogP contribution in [-0.4, -0.2) is 10.9 Å². The molecule has 2 aromatic carbocycles. The van der Waals surface area contributed by atoms with E-state index in [1.807, 2.05) is 6.07 Å². The SMILES string of the molecule is CC1(C)C2=C(C(=O)c3ccc(O)cc31)c1ccc(C#N)c(Br)c1C2. The normalized spacial score (nSPS) is 17.2. The molecular formula is C20H14BrNO2. The smallest absolute Gasteiger partial charge is 0.193 e. The van der Waals surface area contributed by atoms with Crippen molar-refractivity contribution in [2.45, 2.75) is 25.7 Å². The topological polar surface area (TPSA) is 61.1 Å². The van der Waals surface area contributed by atoms with Gasteiger partial charge in [-0.05, 0) is 68.9 Å². The van der Waals surface area contributed by atoms with E-state index in [-0.39, 0.29) is 16.9 Å². The quantitative estimate of drug-likeness (QED) is 0.732. The van der Waals surface area contributed by atoms with Crippen LogP contribution in [0.5, 0.6) is 5.75 Å². The highest BCUT2D eigenvalue weighted by Crippen LogP contribution is 2.51. The number of hydrogen-bond donors (Lipinski definition) is 1. The van der Waals surface area contributed by atoms with Crippen LogP contribution in [0.25, 0.3) is 5.57 Å². The van der Waals surface area contributed by atoms with E-state index in [9.17, 15) is 15.2 Å². The lowest BCUT2D eigenvalue weighted by atomic mass is 9.68. The van der Waals surface area contributed by atoms with Crippen molar-refractivity contribution in [1.82, 2.24) is 0 Å². The van der Waals surface area contributed by atoms with Gasteiger partial charge < -0.3 is 5.11 Å². The molecule has 0 aliphatic heterocycles. The summed E-state index contributed by atoms with van der Waals surface area (Å²) >= 11 is 3.53.